The first-order valence-electron chi connectivity index (χ1n) is 9.60. The smallest absolute Gasteiger partial charge is 0.319 e. The second-order valence-electron chi connectivity index (χ2n) is 6.88. The maximum atomic E-state index is 12.4. The topological polar surface area (TPSA) is 89.1 Å². The lowest BCUT2D eigenvalue weighted by Crippen LogP contribution is -2.34. The zero-order chi connectivity index (χ0) is 20.2. The van der Waals surface area contributed by atoms with E-state index in [1.54, 1.807) is 23.1 Å². The van der Waals surface area contributed by atoms with Gasteiger partial charge in [0.1, 0.15) is 5.75 Å². The highest BCUT2D eigenvalue weighted by atomic mass is 16.7. The molecule has 2 aliphatic heterocycles. The van der Waals surface area contributed by atoms with Gasteiger partial charge in [-0.2, -0.15) is 0 Å². The predicted molar refractivity (Wildman–Crippen MR) is 108 cm³/mol. The van der Waals surface area contributed by atoms with E-state index in [2.05, 4.69) is 10.6 Å². The molecule has 3 amide bonds. The van der Waals surface area contributed by atoms with Crippen LogP contribution in [0.5, 0.6) is 17.2 Å². The Hall–Kier alpha value is -3.42. The lowest BCUT2D eigenvalue weighted by molar-refractivity contribution is -0.117. The van der Waals surface area contributed by atoms with Crippen molar-refractivity contribution in [2.75, 3.05) is 36.7 Å². The molecule has 0 bridgehead atoms. The zero-order valence-corrected chi connectivity index (χ0v) is 16.1. The molecule has 4 rings (SSSR count). The van der Waals surface area contributed by atoms with Crippen molar-refractivity contribution in [3.05, 3.63) is 42.5 Å². The number of urea groups is 1. The highest BCUT2D eigenvalue weighted by Crippen LogP contribution is 2.37. The van der Waals surface area contributed by atoms with Crippen molar-refractivity contribution >= 4 is 23.3 Å². The van der Waals surface area contributed by atoms with Crippen LogP contribution in [-0.4, -0.2) is 38.4 Å². The third kappa shape index (κ3) is 4.21. The van der Waals surface area contributed by atoms with Crippen LogP contribution in [0.25, 0.3) is 0 Å². The number of ether oxygens (including phenoxy) is 3. The Labute approximate surface area is 168 Å². The van der Waals surface area contributed by atoms with Gasteiger partial charge < -0.3 is 29.7 Å². The lowest BCUT2D eigenvalue weighted by atomic mass is 10.1. The van der Waals surface area contributed by atoms with E-state index in [1.165, 1.54) is 0 Å². The molecule has 152 valence electrons. The molecule has 2 aliphatic rings. The Kier molecular flexibility index (Phi) is 5.41. The zero-order valence-electron chi connectivity index (χ0n) is 16.1. The summed E-state index contributed by atoms with van der Waals surface area (Å²) in [5.74, 6) is 2.00. The van der Waals surface area contributed by atoms with Crippen LogP contribution in [-0.2, 0) is 4.79 Å². The fourth-order valence-corrected chi connectivity index (χ4v) is 3.48. The number of nitrogens with zero attached hydrogens (tertiary/aromatic N) is 1. The molecular formula is C21H23N3O5. The molecule has 8 nitrogen and oxygen atoms in total. The first-order chi connectivity index (χ1) is 14.1. The molecule has 0 spiro atoms. The summed E-state index contributed by atoms with van der Waals surface area (Å²) in [5.41, 5.74) is 1.38. The highest BCUT2D eigenvalue weighted by Gasteiger charge is 2.31. The van der Waals surface area contributed by atoms with E-state index in [0.29, 0.717) is 49.1 Å². The first-order valence-corrected chi connectivity index (χ1v) is 9.60. The number of hydrogen-bond acceptors (Lipinski definition) is 5. The van der Waals surface area contributed by atoms with Crippen LogP contribution in [0, 0.1) is 5.92 Å². The number of benzene rings is 2. The van der Waals surface area contributed by atoms with Gasteiger partial charge in [-0.05, 0) is 31.2 Å². The second kappa shape index (κ2) is 8.30. The van der Waals surface area contributed by atoms with Crippen molar-refractivity contribution in [1.82, 2.24) is 5.32 Å². The van der Waals surface area contributed by atoms with Crippen molar-refractivity contribution < 1.29 is 23.8 Å². The number of para-hydroxylation sites is 2. The molecule has 0 unspecified atom stereocenters. The van der Waals surface area contributed by atoms with Crippen LogP contribution >= 0.6 is 0 Å². The number of nitrogens with one attached hydrogen (secondary N) is 2. The van der Waals surface area contributed by atoms with Crippen LogP contribution in [0.2, 0.25) is 0 Å². The third-order valence-electron chi connectivity index (χ3n) is 4.86. The fourth-order valence-electron chi connectivity index (χ4n) is 3.48. The van der Waals surface area contributed by atoms with Gasteiger partial charge in [-0.25, -0.2) is 4.79 Å². The summed E-state index contributed by atoms with van der Waals surface area (Å²) >= 11 is 0. The monoisotopic (exact) mass is 397 g/mol. The molecule has 0 radical (unpaired) electrons. The summed E-state index contributed by atoms with van der Waals surface area (Å²) in [6.45, 7) is 3.53. The third-order valence-corrected chi connectivity index (χ3v) is 4.86. The van der Waals surface area contributed by atoms with E-state index in [-0.39, 0.29) is 24.6 Å². The summed E-state index contributed by atoms with van der Waals surface area (Å²) < 4.78 is 16.2. The minimum atomic E-state index is -0.328. The van der Waals surface area contributed by atoms with Gasteiger partial charge in [0.2, 0.25) is 12.7 Å². The van der Waals surface area contributed by atoms with Crippen molar-refractivity contribution in [1.29, 1.82) is 0 Å². The second-order valence-corrected chi connectivity index (χ2v) is 6.88. The van der Waals surface area contributed by atoms with Gasteiger partial charge >= 0.3 is 6.03 Å². The average molecular weight is 397 g/mol. The standard InChI is InChI=1S/C21H23N3O5/c1-2-27-17-6-4-3-5-16(17)23-21(26)22-11-14-9-20(25)24(12-14)15-7-8-18-19(10-15)29-13-28-18/h3-8,10,14H,2,9,11-13H2,1H3,(H2,22,23,26)/t14-/m1/s1. The molecule has 1 atom stereocenters. The van der Waals surface area contributed by atoms with Crippen LogP contribution in [0.4, 0.5) is 16.2 Å². The number of rotatable bonds is 6. The largest absolute Gasteiger partial charge is 0.492 e. The molecule has 2 heterocycles. The summed E-state index contributed by atoms with van der Waals surface area (Å²) in [6.07, 6.45) is 0.379. The SMILES string of the molecule is CCOc1ccccc1NC(=O)NC[C@H]1CC(=O)N(c2ccc3c(c2)OCO3)C1. The summed E-state index contributed by atoms with van der Waals surface area (Å²) in [7, 11) is 0. The molecule has 1 fully saturated rings. The number of carbonyl (C=O) groups is 2. The minimum Gasteiger partial charge on any atom is -0.492 e. The molecule has 2 aromatic rings. The minimum absolute atomic E-state index is 0.0257. The normalized spacial score (nSPS) is 17.3. The van der Waals surface area contributed by atoms with Gasteiger partial charge in [0.05, 0.1) is 12.3 Å². The number of amides is 3. The van der Waals surface area contributed by atoms with Gasteiger partial charge in [-0.3, -0.25) is 4.79 Å². The van der Waals surface area contributed by atoms with Crippen LogP contribution in [0.3, 0.4) is 0 Å². The van der Waals surface area contributed by atoms with E-state index in [4.69, 9.17) is 14.2 Å². The van der Waals surface area contributed by atoms with Gasteiger partial charge in [0.25, 0.3) is 0 Å². The number of carbonyl (C=O) groups excluding carboxylic acids is 2. The van der Waals surface area contributed by atoms with Gasteiger partial charge in [0, 0.05) is 37.2 Å². The lowest BCUT2D eigenvalue weighted by Gasteiger charge is -2.17. The van der Waals surface area contributed by atoms with E-state index >= 15 is 0 Å². The quantitative estimate of drug-likeness (QED) is 0.782. The maximum absolute atomic E-state index is 12.4. The Morgan fingerprint density at radius 3 is 2.90 bits per heavy atom. The molecule has 8 heteroatoms. The van der Waals surface area contributed by atoms with E-state index in [0.717, 1.165) is 5.69 Å². The molecule has 0 saturated carbocycles. The van der Waals surface area contributed by atoms with E-state index < -0.39 is 0 Å². The van der Waals surface area contributed by atoms with Crippen molar-refractivity contribution in [3.63, 3.8) is 0 Å². The summed E-state index contributed by atoms with van der Waals surface area (Å²) in [4.78, 5) is 26.4. The Balaban J connectivity index is 1.32. The van der Waals surface area contributed by atoms with Crippen molar-refractivity contribution in [3.8, 4) is 17.2 Å². The Morgan fingerprint density at radius 2 is 2.03 bits per heavy atom. The molecule has 2 N–H and O–H groups in total. The average Bonchev–Trinajstić information content (AvgIpc) is 3.33. The van der Waals surface area contributed by atoms with Crippen molar-refractivity contribution in [2.24, 2.45) is 5.92 Å². The molecule has 1 saturated heterocycles. The molecule has 2 aromatic carbocycles. The maximum Gasteiger partial charge on any atom is 0.319 e. The van der Waals surface area contributed by atoms with Crippen molar-refractivity contribution in [2.45, 2.75) is 13.3 Å². The summed E-state index contributed by atoms with van der Waals surface area (Å²) in [5, 5.41) is 5.65. The number of anilines is 2. The molecule has 0 aliphatic carbocycles. The van der Waals surface area contributed by atoms with Gasteiger partial charge in [-0.1, -0.05) is 12.1 Å². The van der Waals surface area contributed by atoms with Crippen LogP contribution < -0.4 is 29.7 Å². The van der Waals surface area contributed by atoms with E-state index in [1.807, 2.05) is 31.2 Å². The van der Waals surface area contributed by atoms with Crippen LogP contribution in [0.15, 0.2) is 42.5 Å². The number of fused-ring (bicyclic) bond motifs is 1. The Morgan fingerprint density at radius 1 is 1.21 bits per heavy atom. The molecule has 0 aromatic heterocycles. The van der Waals surface area contributed by atoms with Gasteiger partial charge in [0.15, 0.2) is 11.5 Å². The highest BCUT2D eigenvalue weighted by molar-refractivity contribution is 5.96. The van der Waals surface area contributed by atoms with E-state index in [9.17, 15) is 9.59 Å². The molecule has 29 heavy (non-hydrogen) atoms. The first kappa shape index (κ1) is 18.9. The van der Waals surface area contributed by atoms with Crippen LogP contribution in [0.1, 0.15) is 13.3 Å². The Bertz CT molecular complexity index is 917. The number of hydrogen-bond donors (Lipinski definition) is 2. The molecular weight excluding hydrogens is 374 g/mol. The fraction of sp³-hybridized carbons (Fsp3) is 0.333. The predicted octanol–water partition coefficient (Wildman–Crippen LogP) is 2.99. The summed E-state index contributed by atoms with van der Waals surface area (Å²) in [6, 6.07) is 12.4. The van der Waals surface area contributed by atoms with Gasteiger partial charge in [-0.15, -0.1) is 0 Å².